The van der Waals surface area contributed by atoms with E-state index in [9.17, 15) is 8.42 Å². The Kier molecular flexibility index (Phi) is 2.67. The first-order valence-electron chi connectivity index (χ1n) is 3.73. The molecule has 11 heavy (non-hydrogen) atoms. The fraction of sp³-hybridized carbons (Fsp3) is 0.714. The maximum atomic E-state index is 11.3. The van der Waals surface area contributed by atoms with Crippen LogP contribution in [0.4, 0.5) is 0 Å². The molecule has 0 aromatic rings. The summed E-state index contributed by atoms with van der Waals surface area (Å²) in [4.78, 5) is 0. The predicted octanol–water partition coefficient (Wildman–Crippen LogP) is 0.0785. The van der Waals surface area contributed by atoms with Gasteiger partial charge in [-0.05, 0) is 12.8 Å². The number of allylic oxidation sites excluding steroid dienone is 2. The van der Waals surface area contributed by atoms with Crippen LogP contribution in [0.1, 0.15) is 12.8 Å². The van der Waals surface area contributed by atoms with Crippen molar-refractivity contribution in [3.63, 3.8) is 0 Å². The van der Waals surface area contributed by atoms with E-state index in [0.29, 0.717) is 12.8 Å². The first kappa shape index (κ1) is 8.74. The third kappa shape index (κ3) is 2.04. The molecule has 0 saturated carbocycles. The van der Waals surface area contributed by atoms with Crippen LogP contribution < -0.4 is 5.73 Å². The lowest BCUT2D eigenvalue weighted by Crippen LogP contribution is -2.25. The van der Waals surface area contributed by atoms with E-state index in [-0.39, 0.29) is 17.5 Å². The molecule has 0 fully saturated rings. The van der Waals surface area contributed by atoms with Crippen molar-refractivity contribution in [3.05, 3.63) is 12.2 Å². The molecule has 0 atom stereocenters. The summed E-state index contributed by atoms with van der Waals surface area (Å²) in [6, 6.07) is 0. The van der Waals surface area contributed by atoms with Gasteiger partial charge in [-0.25, -0.2) is 8.42 Å². The van der Waals surface area contributed by atoms with Crippen molar-refractivity contribution in [2.75, 3.05) is 12.3 Å². The number of rotatable bonds is 3. The predicted molar refractivity (Wildman–Crippen MR) is 45.0 cm³/mol. The summed E-state index contributed by atoms with van der Waals surface area (Å²) in [6.45, 7) is 0.235. The molecule has 4 heteroatoms. The van der Waals surface area contributed by atoms with Crippen molar-refractivity contribution in [1.82, 2.24) is 0 Å². The number of sulfone groups is 1. The highest BCUT2D eigenvalue weighted by molar-refractivity contribution is 7.92. The molecule has 3 nitrogen and oxygen atoms in total. The van der Waals surface area contributed by atoms with Crippen LogP contribution in [-0.4, -0.2) is 26.0 Å². The molecule has 0 saturated heterocycles. The highest BCUT2D eigenvalue weighted by Crippen LogP contribution is 2.18. The Hall–Kier alpha value is -0.350. The Labute approximate surface area is 67.2 Å². The minimum Gasteiger partial charge on any atom is -0.329 e. The van der Waals surface area contributed by atoms with Crippen molar-refractivity contribution in [1.29, 1.82) is 0 Å². The average molecular weight is 175 g/mol. The molecule has 64 valence electrons. The van der Waals surface area contributed by atoms with E-state index in [2.05, 4.69) is 0 Å². The molecule has 1 aliphatic carbocycles. The van der Waals surface area contributed by atoms with Crippen LogP contribution in [0.15, 0.2) is 12.2 Å². The molecule has 0 amide bonds. The van der Waals surface area contributed by atoms with Gasteiger partial charge >= 0.3 is 0 Å². The summed E-state index contributed by atoms with van der Waals surface area (Å²) in [7, 11) is -2.90. The summed E-state index contributed by atoms with van der Waals surface area (Å²) in [5, 5.41) is -0.189. The van der Waals surface area contributed by atoms with Crippen LogP contribution >= 0.6 is 0 Å². The maximum Gasteiger partial charge on any atom is 0.155 e. The molecule has 1 rings (SSSR count). The highest BCUT2D eigenvalue weighted by Gasteiger charge is 2.24. The fourth-order valence-electron chi connectivity index (χ4n) is 1.22. The monoisotopic (exact) mass is 175 g/mol. The topological polar surface area (TPSA) is 60.2 Å². The lowest BCUT2D eigenvalue weighted by atomic mass is 10.3. The van der Waals surface area contributed by atoms with Crippen molar-refractivity contribution < 1.29 is 8.42 Å². The first-order chi connectivity index (χ1) is 5.17. The molecule has 0 bridgehead atoms. The van der Waals surface area contributed by atoms with Crippen LogP contribution in [0.5, 0.6) is 0 Å². The second-order valence-electron chi connectivity index (χ2n) is 2.72. The smallest absolute Gasteiger partial charge is 0.155 e. The Morgan fingerprint density at radius 3 is 2.36 bits per heavy atom. The summed E-state index contributed by atoms with van der Waals surface area (Å²) < 4.78 is 22.6. The van der Waals surface area contributed by atoms with Crippen LogP contribution in [0.2, 0.25) is 0 Å². The lowest BCUT2D eigenvalue weighted by Gasteiger charge is -2.08. The van der Waals surface area contributed by atoms with Gasteiger partial charge in [-0.15, -0.1) is 0 Å². The molecular weight excluding hydrogens is 162 g/mol. The van der Waals surface area contributed by atoms with Crippen LogP contribution in [0, 0.1) is 0 Å². The molecule has 0 aromatic carbocycles. The van der Waals surface area contributed by atoms with Crippen molar-refractivity contribution >= 4 is 9.84 Å². The molecular formula is C7H13NO2S. The van der Waals surface area contributed by atoms with Crippen LogP contribution in [-0.2, 0) is 9.84 Å². The maximum absolute atomic E-state index is 11.3. The van der Waals surface area contributed by atoms with Gasteiger partial charge in [0.2, 0.25) is 0 Å². The zero-order chi connectivity index (χ0) is 8.32. The Bertz CT molecular complexity index is 235. The Morgan fingerprint density at radius 1 is 1.36 bits per heavy atom. The summed E-state index contributed by atoms with van der Waals surface area (Å²) >= 11 is 0. The van der Waals surface area contributed by atoms with Gasteiger partial charge in [-0.3, -0.25) is 0 Å². The standard InChI is InChI=1S/C7H13NO2S/c8-5-6-11(9,10)7-3-1-2-4-7/h1-2,7H,3-6,8H2. The Balaban J connectivity index is 2.58. The van der Waals surface area contributed by atoms with Gasteiger partial charge in [0.1, 0.15) is 0 Å². The van der Waals surface area contributed by atoms with Crippen molar-refractivity contribution in [2.45, 2.75) is 18.1 Å². The van der Waals surface area contributed by atoms with Gasteiger partial charge in [0, 0.05) is 6.54 Å². The lowest BCUT2D eigenvalue weighted by molar-refractivity contribution is 0.581. The number of hydrogen-bond acceptors (Lipinski definition) is 3. The normalized spacial score (nSPS) is 19.4. The van der Waals surface area contributed by atoms with Gasteiger partial charge in [-0.1, -0.05) is 12.2 Å². The quantitative estimate of drug-likeness (QED) is 0.618. The van der Waals surface area contributed by atoms with Gasteiger partial charge in [0.25, 0.3) is 0 Å². The number of nitrogens with two attached hydrogens (primary N) is 1. The summed E-state index contributed by atoms with van der Waals surface area (Å²) in [5.41, 5.74) is 5.18. The first-order valence-corrected chi connectivity index (χ1v) is 5.45. The van der Waals surface area contributed by atoms with E-state index in [1.165, 1.54) is 0 Å². The minimum atomic E-state index is -2.90. The average Bonchev–Trinajstić information content (AvgIpc) is 2.37. The molecule has 0 radical (unpaired) electrons. The van der Waals surface area contributed by atoms with Gasteiger partial charge in [0.15, 0.2) is 9.84 Å². The zero-order valence-electron chi connectivity index (χ0n) is 6.36. The van der Waals surface area contributed by atoms with E-state index >= 15 is 0 Å². The summed E-state index contributed by atoms with van der Waals surface area (Å²) in [6.07, 6.45) is 5.17. The third-order valence-corrected chi connectivity index (χ3v) is 4.08. The van der Waals surface area contributed by atoms with Gasteiger partial charge in [0.05, 0.1) is 11.0 Å². The van der Waals surface area contributed by atoms with E-state index in [0.717, 1.165) is 0 Å². The van der Waals surface area contributed by atoms with E-state index in [1.54, 1.807) is 0 Å². The molecule has 0 aromatic heterocycles. The molecule has 1 aliphatic rings. The minimum absolute atomic E-state index is 0.124. The van der Waals surface area contributed by atoms with E-state index in [1.807, 2.05) is 12.2 Å². The molecule has 0 spiro atoms. The molecule has 0 aliphatic heterocycles. The van der Waals surface area contributed by atoms with Crippen LogP contribution in [0.3, 0.4) is 0 Å². The summed E-state index contributed by atoms with van der Waals surface area (Å²) in [5.74, 6) is 0.124. The second-order valence-corrected chi connectivity index (χ2v) is 5.12. The van der Waals surface area contributed by atoms with E-state index < -0.39 is 9.84 Å². The zero-order valence-corrected chi connectivity index (χ0v) is 7.18. The third-order valence-electron chi connectivity index (χ3n) is 1.87. The van der Waals surface area contributed by atoms with Crippen molar-refractivity contribution in [2.24, 2.45) is 5.73 Å². The fourth-order valence-corrected chi connectivity index (χ4v) is 2.69. The Morgan fingerprint density at radius 2 is 1.91 bits per heavy atom. The molecule has 0 heterocycles. The van der Waals surface area contributed by atoms with Crippen LogP contribution in [0.25, 0.3) is 0 Å². The largest absolute Gasteiger partial charge is 0.329 e. The SMILES string of the molecule is NCCS(=O)(=O)C1CC=CC1. The van der Waals surface area contributed by atoms with Gasteiger partial charge in [-0.2, -0.15) is 0 Å². The molecule has 2 N–H and O–H groups in total. The van der Waals surface area contributed by atoms with Gasteiger partial charge < -0.3 is 5.73 Å². The number of hydrogen-bond donors (Lipinski definition) is 1. The molecule has 0 unspecified atom stereocenters. The van der Waals surface area contributed by atoms with Crippen molar-refractivity contribution in [3.8, 4) is 0 Å². The van der Waals surface area contributed by atoms with E-state index in [4.69, 9.17) is 5.73 Å². The second kappa shape index (κ2) is 3.36. The highest BCUT2D eigenvalue weighted by atomic mass is 32.2.